The molecule has 1 aromatic heterocycles. The molecular formula is C33H29F3N4O4S2. The highest BCUT2D eigenvalue weighted by atomic mass is 32.2. The molecular weight excluding hydrogens is 638 g/mol. The number of amides is 3. The molecule has 2 aliphatic heterocycles. The van der Waals surface area contributed by atoms with E-state index in [0.717, 1.165) is 59.6 Å². The molecule has 3 unspecified atom stereocenters. The van der Waals surface area contributed by atoms with Crippen molar-refractivity contribution in [1.82, 2.24) is 4.57 Å². The number of alkyl halides is 3. The monoisotopic (exact) mass is 666 g/mol. The maximum absolute atomic E-state index is 14.0. The van der Waals surface area contributed by atoms with Gasteiger partial charge in [-0.25, -0.2) is 4.90 Å². The molecule has 46 heavy (non-hydrogen) atoms. The molecule has 2 aliphatic rings. The third-order valence-corrected chi connectivity index (χ3v) is 10.9. The van der Waals surface area contributed by atoms with E-state index in [2.05, 4.69) is 10.2 Å². The average molecular weight is 667 g/mol. The second-order valence-corrected chi connectivity index (χ2v) is 13.0. The van der Waals surface area contributed by atoms with E-state index < -0.39 is 57.7 Å². The topological polar surface area (TPSA) is 91.7 Å². The van der Waals surface area contributed by atoms with Crippen molar-refractivity contribution in [3.05, 3.63) is 105 Å². The van der Waals surface area contributed by atoms with Crippen molar-refractivity contribution >= 4 is 57.9 Å². The van der Waals surface area contributed by atoms with Crippen LogP contribution in [0.5, 0.6) is 0 Å². The van der Waals surface area contributed by atoms with Crippen molar-refractivity contribution in [3.8, 4) is 0 Å². The molecule has 13 heteroatoms. The van der Waals surface area contributed by atoms with Gasteiger partial charge in [0.15, 0.2) is 0 Å². The minimum Gasteiger partial charge on any atom is -0.372 e. The first-order chi connectivity index (χ1) is 22.0. The van der Waals surface area contributed by atoms with Crippen LogP contribution in [0.2, 0.25) is 0 Å². The summed E-state index contributed by atoms with van der Waals surface area (Å²) in [5.74, 6) is -3.13. The molecule has 8 nitrogen and oxygen atoms in total. The summed E-state index contributed by atoms with van der Waals surface area (Å²) in [6, 6.07) is 20.9. The Kier molecular flexibility index (Phi) is 8.55. The molecule has 3 amide bonds. The van der Waals surface area contributed by atoms with E-state index in [-0.39, 0.29) is 5.91 Å². The fourth-order valence-corrected chi connectivity index (χ4v) is 8.87. The Hall–Kier alpha value is -4.36. The van der Waals surface area contributed by atoms with Crippen molar-refractivity contribution < 1.29 is 27.6 Å². The van der Waals surface area contributed by atoms with Crippen molar-refractivity contribution in [2.75, 3.05) is 28.2 Å². The third kappa shape index (κ3) is 5.62. The highest BCUT2D eigenvalue weighted by molar-refractivity contribution is 8.00. The normalized spacial score (nSPS) is 19.2. The minimum atomic E-state index is -4.69. The first-order valence-corrected chi connectivity index (χ1v) is 16.4. The highest BCUT2D eigenvalue weighted by Gasteiger charge is 2.56. The molecule has 1 saturated heterocycles. The van der Waals surface area contributed by atoms with E-state index >= 15 is 0 Å². The predicted octanol–water partition coefficient (Wildman–Crippen LogP) is 6.21. The second kappa shape index (κ2) is 12.4. The van der Waals surface area contributed by atoms with E-state index in [0.29, 0.717) is 15.6 Å². The van der Waals surface area contributed by atoms with Crippen LogP contribution in [0.1, 0.15) is 35.8 Å². The number of hydrogen-bond donors (Lipinski definition) is 1. The van der Waals surface area contributed by atoms with Crippen LogP contribution in [0.3, 0.4) is 0 Å². The smallest absolute Gasteiger partial charge is 0.372 e. The van der Waals surface area contributed by atoms with E-state index in [1.54, 1.807) is 30.3 Å². The van der Waals surface area contributed by atoms with Gasteiger partial charge in [-0.15, -0.1) is 0 Å². The zero-order valence-electron chi connectivity index (χ0n) is 24.8. The number of hydrogen-bond acceptors (Lipinski definition) is 7. The van der Waals surface area contributed by atoms with Gasteiger partial charge < -0.3 is 10.2 Å². The molecule has 0 spiro atoms. The fourth-order valence-electron chi connectivity index (χ4n) is 6.10. The van der Waals surface area contributed by atoms with Crippen molar-refractivity contribution in [1.29, 1.82) is 0 Å². The molecule has 0 radical (unpaired) electrons. The van der Waals surface area contributed by atoms with Crippen LogP contribution in [-0.2, 0) is 27.1 Å². The second-order valence-electron chi connectivity index (χ2n) is 10.9. The SMILES string of the molecule is CCN(CC)c1ccc(C2c3sc(=O)n(CC(=O)Nc4ccccc4C(F)(F)F)c3SC3C(=O)N(c4ccccc4)C(=O)C32)cc1. The number of benzene rings is 3. The zero-order chi connectivity index (χ0) is 32.7. The van der Waals surface area contributed by atoms with Gasteiger partial charge in [-0.3, -0.25) is 23.7 Å². The summed E-state index contributed by atoms with van der Waals surface area (Å²) in [5.41, 5.74) is 0.722. The van der Waals surface area contributed by atoms with Gasteiger partial charge in [0, 0.05) is 29.6 Å². The maximum Gasteiger partial charge on any atom is 0.418 e. The number of thiazole rings is 1. The summed E-state index contributed by atoms with van der Waals surface area (Å²) in [4.78, 5) is 57.8. The Labute approximate surface area is 270 Å². The fraction of sp³-hybridized carbons (Fsp3) is 0.273. The number of nitrogens with zero attached hydrogens (tertiary/aromatic N) is 3. The van der Waals surface area contributed by atoms with Crippen molar-refractivity contribution in [2.24, 2.45) is 5.92 Å². The molecule has 0 bridgehead atoms. The number of rotatable bonds is 8. The number of anilines is 3. The molecule has 6 rings (SSSR count). The lowest BCUT2D eigenvalue weighted by atomic mass is 9.83. The van der Waals surface area contributed by atoms with Crippen LogP contribution >= 0.6 is 23.1 Å². The van der Waals surface area contributed by atoms with Crippen LogP contribution in [0.4, 0.5) is 30.2 Å². The average Bonchev–Trinajstić information content (AvgIpc) is 3.48. The Bertz CT molecular complexity index is 1850. The summed E-state index contributed by atoms with van der Waals surface area (Å²) < 4.78 is 41.8. The van der Waals surface area contributed by atoms with E-state index in [1.807, 2.05) is 38.1 Å². The lowest BCUT2D eigenvalue weighted by Gasteiger charge is -2.31. The van der Waals surface area contributed by atoms with Gasteiger partial charge in [-0.05, 0) is 55.8 Å². The lowest BCUT2D eigenvalue weighted by molar-refractivity contribution is -0.137. The number of imide groups is 1. The lowest BCUT2D eigenvalue weighted by Crippen LogP contribution is -2.33. The van der Waals surface area contributed by atoms with Gasteiger partial charge in [0.2, 0.25) is 17.7 Å². The van der Waals surface area contributed by atoms with Gasteiger partial charge in [0.05, 0.1) is 27.9 Å². The molecule has 0 saturated carbocycles. The quantitative estimate of drug-likeness (QED) is 0.225. The number of para-hydroxylation sites is 2. The minimum absolute atomic E-state index is 0.351. The number of halogens is 3. The van der Waals surface area contributed by atoms with Crippen LogP contribution in [0.25, 0.3) is 0 Å². The van der Waals surface area contributed by atoms with Crippen molar-refractivity contribution in [2.45, 2.75) is 42.8 Å². The third-order valence-electron chi connectivity index (χ3n) is 8.25. The van der Waals surface area contributed by atoms with Crippen LogP contribution in [0, 0.1) is 5.92 Å². The van der Waals surface area contributed by atoms with Gasteiger partial charge >= 0.3 is 11.0 Å². The van der Waals surface area contributed by atoms with Crippen LogP contribution in [-0.4, -0.2) is 40.6 Å². The Morgan fingerprint density at radius 3 is 2.20 bits per heavy atom. The molecule has 238 valence electrons. The predicted molar refractivity (Wildman–Crippen MR) is 173 cm³/mol. The number of fused-ring (bicyclic) bond motifs is 2. The first kappa shape index (κ1) is 31.6. The standard InChI is InChI=1S/C33H29F3N4O4S2/c1-3-38(4-2)20-16-14-19(15-17-20)25-26-27(30(43)40(29(26)42)21-10-6-5-7-11-21)45-31-28(25)46-32(44)39(31)18-24(41)37-23-13-9-8-12-22(23)33(34,35)36/h5-17,25-27H,3-4,18H2,1-2H3,(H,37,41). The largest absolute Gasteiger partial charge is 0.418 e. The molecule has 3 atom stereocenters. The molecule has 0 aliphatic carbocycles. The summed E-state index contributed by atoms with van der Waals surface area (Å²) in [5, 5.41) is 1.76. The van der Waals surface area contributed by atoms with Crippen LogP contribution in [0.15, 0.2) is 88.7 Å². The van der Waals surface area contributed by atoms with E-state index in [1.165, 1.54) is 21.6 Å². The van der Waals surface area contributed by atoms with E-state index in [4.69, 9.17) is 0 Å². The summed E-state index contributed by atoms with van der Waals surface area (Å²) in [6.07, 6.45) is -4.69. The number of carbonyl (C=O) groups is 3. The van der Waals surface area contributed by atoms with Crippen molar-refractivity contribution in [3.63, 3.8) is 0 Å². The number of nitrogens with one attached hydrogen (secondary N) is 1. The van der Waals surface area contributed by atoms with Gasteiger partial charge in [-0.1, -0.05) is 65.6 Å². The van der Waals surface area contributed by atoms with Crippen LogP contribution < -0.4 is 20.0 Å². The van der Waals surface area contributed by atoms with Gasteiger partial charge in [-0.2, -0.15) is 13.2 Å². The molecule has 1 fully saturated rings. The number of carbonyl (C=O) groups excluding carboxylic acids is 3. The maximum atomic E-state index is 14.0. The molecule has 1 N–H and O–H groups in total. The Morgan fingerprint density at radius 2 is 1.54 bits per heavy atom. The summed E-state index contributed by atoms with van der Waals surface area (Å²) >= 11 is 1.93. The summed E-state index contributed by atoms with van der Waals surface area (Å²) in [7, 11) is 0. The Morgan fingerprint density at radius 1 is 0.891 bits per heavy atom. The zero-order valence-corrected chi connectivity index (χ0v) is 26.4. The summed E-state index contributed by atoms with van der Waals surface area (Å²) in [6.45, 7) is 5.12. The van der Waals surface area contributed by atoms with Gasteiger partial charge in [0.25, 0.3) is 0 Å². The highest BCUT2D eigenvalue weighted by Crippen LogP contribution is 2.54. The number of aromatic nitrogens is 1. The first-order valence-electron chi connectivity index (χ1n) is 14.7. The Balaban J connectivity index is 1.40. The molecule has 4 aromatic rings. The molecule has 3 aromatic carbocycles. The number of thioether (sulfide) groups is 1. The van der Waals surface area contributed by atoms with E-state index in [9.17, 15) is 32.3 Å². The molecule has 3 heterocycles. The van der Waals surface area contributed by atoms with Gasteiger partial charge in [0.1, 0.15) is 11.8 Å².